The van der Waals surface area contributed by atoms with Gasteiger partial charge in [-0.3, -0.25) is 4.79 Å². The van der Waals surface area contributed by atoms with Gasteiger partial charge in [0.05, 0.1) is 0 Å². The van der Waals surface area contributed by atoms with Crippen LogP contribution in [0, 0.1) is 13.8 Å². The smallest absolute Gasteiger partial charge is 0.252 e. The molecule has 1 amide bonds. The van der Waals surface area contributed by atoms with E-state index in [0.29, 0.717) is 12.8 Å². The van der Waals surface area contributed by atoms with Gasteiger partial charge in [0.25, 0.3) is 5.91 Å². The van der Waals surface area contributed by atoms with Crippen molar-refractivity contribution in [2.24, 2.45) is 0 Å². The fourth-order valence-corrected chi connectivity index (χ4v) is 3.57. The fraction of sp³-hybridized carbons (Fsp3) is 0.381. The second kappa shape index (κ2) is 6.40. The zero-order valence-corrected chi connectivity index (χ0v) is 14.6. The van der Waals surface area contributed by atoms with Crippen LogP contribution in [0.5, 0.6) is 0 Å². The van der Waals surface area contributed by atoms with Crippen molar-refractivity contribution in [1.29, 1.82) is 0 Å². The van der Waals surface area contributed by atoms with E-state index in [9.17, 15) is 9.90 Å². The van der Waals surface area contributed by atoms with Crippen LogP contribution < -0.4 is 5.32 Å². The topological polar surface area (TPSA) is 49.3 Å². The number of aryl methyl sites for hydroxylation is 2. The Morgan fingerprint density at radius 1 is 1.17 bits per heavy atom. The van der Waals surface area contributed by atoms with Crippen molar-refractivity contribution in [2.45, 2.75) is 51.7 Å². The molecular formula is C21H25NO2. The number of amides is 1. The average molecular weight is 323 g/mol. The third-order valence-electron chi connectivity index (χ3n) is 4.91. The van der Waals surface area contributed by atoms with Gasteiger partial charge in [0.15, 0.2) is 5.60 Å². The molecule has 3 heteroatoms. The molecule has 0 heterocycles. The van der Waals surface area contributed by atoms with Crippen LogP contribution >= 0.6 is 0 Å². The van der Waals surface area contributed by atoms with Crippen molar-refractivity contribution in [3.8, 4) is 0 Å². The summed E-state index contributed by atoms with van der Waals surface area (Å²) in [6, 6.07) is 14.2. The van der Waals surface area contributed by atoms with Gasteiger partial charge in [0.1, 0.15) is 0 Å². The molecular weight excluding hydrogens is 298 g/mol. The predicted octanol–water partition coefficient (Wildman–Crippen LogP) is 2.88. The second-order valence-electron chi connectivity index (χ2n) is 7.16. The van der Waals surface area contributed by atoms with Gasteiger partial charge in [-0.25, -0.2) is 0 Å². The lowest BCUT2D eigenvalue weighted by Crippen LogP contribution is -2.50. The summed E-state index contributed by atoms with van der Waals surface area (Å²) in [5.41, 5.74) is 4.53. The maximum absolute atomic E-state index is 12.6. The first kappa shape index (κ1) is 16.7. The first-order chi connectivity index (χ1) is 11.4. The van der Waals surface area contributed by atoms with Crippen LogP contribution in [-0.2, 0) is 24.1 Å². The third kappa shape index (κ3) is 3.36. The van der Waals surface area contributed by atoms with E-state index in [0.717, 1.165) is 17.5 Å². The van der Waals surface area contributed by atoms with E-state index in [1.807, 2.05) is 31.2 Å². The summed E-state index contributed by atoms with van der Waals surface area (Å²) in [5.74, 6) is -0.268. The molecule has 0 saturated carbocycles. The number of carbonyl (C=O) groups excluding carboxylic acids is 1. The largest absolute Gasteiger partial charge is 0.379 e. The highest BCUT2D eigenvalue weighted by Gasteiger charge is 2.42. The number of carbonyl (C=O) groups is 1. The van der Waals surface area contributed by atoms with E-state index >= 15 is 0 Å². The molecule has 0 radical (unpaired) electrons. The number of fused-ring (bicyclic) bond motifs is 1. The summed E-state index contributed by atoms with van der Waals surface area (Å²) < 4.78 is 0. The van der Waals surface area contributed by atoms with Crippen LogP contribution in [-0.4, -0.2) is 22.7 Å². The minimum absolute atomic E-state index is 0.0216. The Balaban J connectivity index is 1.64. The normalized spacial score (nSPS) is 16.5. The number of benzene rings is 2. The molecule has 126 valence electrons. The molecule has 0 unspecified atom stereocenters. The molecule has 1 aliphatic carbocycles. The van der Waals surface area contributed by atoms with Crippen molar-refractivity contribution < 1.29 is 9.90 Å². The van der Waals surface area contributed by atoms with E-state index in [1.165, 1.54) is 16.7 Å². The number of hydrogen-bond acceptors (Lipinski definition) is 2. The molecule has 24 heavy (non-hydrogen) atoms. The van der Waals surface area contributed by atoms with E-state index < -0.39 is 5.60 Å². The molecule has 2 N–H and O–H groups in total. The third-order valence-corrected chi connectivity index (χ3v) is 4.91. The Bertz CT molecular complexity index is 741. The predicted molar refractivity (Wildman–Crippen MR) is 96.0 cm³/mol. The van der Waals surface area contributed by atoms with Crippen LogP contribution in [0.15, 0.2) is 42.5 Å². The number of aliphatic hydroxyl groups is 1. The van der Waals surface area contributed by atoms with E-state index in [2.05, 4.69) is 37.4 Å². The van der Waals surface area contributed by atoms with E-state index in [1.54, 1.807) is 0 Å². The van der Waals surface area contributed by atoms with Crippen LogP contribution in [0.25, 0.3) is 0 Å². The molecule has 0 aromatic heterocycles. The summed E-state index contributed by atoms with van der Waals surface area (Å²) >= 11 is 0. The highest BCUT2D eigenvalue weighted by atomic mass is 16.3. The quantitative estimate of drug-likeness (QED) is 0.909. The Kier molecular flexibility index (Phi) is 4.46. The molecule has 1 aliphatic rings. The van der Waals surface area contributed by atoms with Gasteiger partial charge in [-0.15, -0.1) is 0 Å². The summed E-state index contributed by atoms with van der Waals surface area (Å²) in [4.78, 5) is 12.6. The highest BCUT2D eigenvalue weighted by Crippen LogP contribution is 2.30. The average Bonchev–Trinajstić information content (AvgIpc) is 2.87. The van der Waals surface area contributed by atoms with Crippen molar-refractivity contribution in [1.82, 2.24) is 5.32 Å². The summed E-state index contributed by atoms with van der Waals surface area (Å²) in [5, 5.41) is 13.8. The number of rotatable bonds is 4. The summed E-state index contributed by atoms with van der Waals surface area (Å²) in [6.45, 7) is 6.16. The minimum atomic E-state index is -1.32. The maximum atomic E-state index is 12.6. The van der Waals surface area contributed by atoms with Crippen LogP contribution in [0.2, 0.25) is 0 Å². The second-order valence-corrected chi connectivity index (χ2v) is 7.16. The molecule has 0 saturated heterocycles. The lowest BCUT2D eigenvalue weighted by Gasteiger charge is -2.24. The maximum Gasteiger partial charge on any atom is 0.252 e. The fourth-order valence-electron chi connectivity index (χ4n) is 3.57. The Morgan fingerprint density at radius 3 is 2.38 bits per heavy atom. The SMILES string of the molecule is Cc1ccc(C[C@@H](C)NC(=O)C2(O)Cc3ccccc3C2)c(C)c1. The molecule has 3 rings (SSSR count). The van der Waals surface area contributed by atoms with Gasteiger partial charge < -0.3 is 10.4 Å². The first-order valence-corrected chi connectivity index (χ1v) is 8.54. The van der Waals surface area contributed by atoms with Crippen molar-refractivity contribution in [2.75, 3.05) is 0 Å². The van der Waals surface area contributed by atoms with Gasteiger partial charge in [-0.1, -0.05) is 48.0 Å². The Hall–Kier alpha value is -2.13. The highest BCUT2D eigenvalue weighted by molar-refractivity contribution is 5.87. The molecule has 3 nitrogen and oxygen atoms in total. The van der Waals surface area contributed by atoms with Crippen LogP contribution in [0.4, 0.5) is 0 Å². The monoisotopic (exact) mass is 323 g/mol. The Morgan fingerprint density at radius 2 is 1.79 bits per heavy atom. The standard InChI is InChI=1S/C21H25NO2/c1-14-8-9-17(15(2)10-14)11-16(3)22-20(23)21(24)12-18-6-4-5-7-19(18)13-21/h4-10,16,24H,11-13H2,1-3H3,(H,22,23)/t16-/m1/s1. The molecule has 0 aliphatic heterocycles. The van der Waals surface area contributed by atoms with Crippen LogP contribution in [0.1, 0.15) is 34.7 Å². The lowest BCUT2D eigenvalue weighted by atomic mass is 9.97. The van der Waals surface area contributed by atoms with Crippen molar-refractivity contribution in [3.05, 3.63) is 70.3 Å². The number of nitrogens with one attached hydrogen (secondary N) is 1. The van der Waals surface area contributed by atoms with Gasteiger partial charge in [0, 0.05) is 18.9 Å². The minimum Gasteiger partial charge on any atom is -0.379 e. The zero-order valence-electron chi connectivity index (χ0n) is 14.6. The molecule has 2 aromatic carbocycles. The molecule has 0 bridgehead atoms. The van der Waals surface area contributed by atoms with Gasteiger partial charge in [-0.2, -0.15) is 0 Å². The van der Waals surface area contributed by atoms with E-state index in [4.69, 9.17) is 0 Å². The van der Waals surface area contributed by atoms with Gasteiger partial charge in [0.2, 0.25) is 0 Å². The molecule has 1 atom stereocenters. The number of hydrogen-bond donors (Lipinski definition) is 2. The summed E-state index contributed by atoms with van der Waals surface area (Å²) in [7, 11) is 0. The van der Waals surface area contributed by atoms with Gasteiger partial charge >= 0.3 is 0 Å². The van der Waals surface area contributed by atoms with Gasteiger partial charge in [-0.05, 0) is 49.4 Å². The first-order valence-electron chi connectivity index (χ1n) is 8.54. The van der Waals surface area contributed by atoms with Crippen LogP contribution in [0.3, 0.4) is 0 Å². The summed E-state index contributed by atoms with van der Waals surface area (Å²) in [6.07, 6.45) is 1.55. The van der Waals surface area contributed by atoms with Crippen molar-refractivity contribution in [3.63, 3.8) is 0 Å². The van der Waals surface area contributed by atoms with Crippen molar-refractivity contribution >= 4 is 5.91 Å². The Labute approximate surface area is 143 Å². The molecule has 2 aromatic rings. The molecule has 0 fully saturated rings. The molecule has 0 spiro atoms. The lowest BCUT2D eigenvalue weighted by molar-refractivity contribution is -0.139. The zero-order chi connectivity index (χ0) is 17.3. The van der Waals surface area contributed by atoms with E-state index in [-0.39, 0.29) is 11.9 Å².